The Labute approximate surface area is 153 Å². The van der Waals surface area contributed by atoms with E-state index in [1.165, 1.54) is 5.01 Å². The van der Waals surface area contributed by atoms with Crippen molar-refractivity contribution in [3.63, 3.8) is 0 Å². The van der Waals surface area contributed by atoms with Crippen molar-refractivity contribution in [2.75, 3.05) is 0 Å². The van der Waals surface area contributed by atoms with Crippen molar-refractivity contribution >= 4 is 39.1 Å². The predicted molar refractivity (Wildman–Crippen MR) is 98.0 cm³/mol. The highest BCUT2D eigenvalue weighted by atomic mass is 79.9. The van der Waals surface area contributed by atoms with E-state index in [2.05, 4.69) is 21.0 Å². The second kappa shape index (κ2) is 6.67. The van der Waals surface area contributed by atoms with E-state index in [1.54, 1.807) is 36.4 Å². The topological polar surface area (TPSA) is 52.9 Å². The normalized spacial score (nSPS) is 20.2. The molecule has 1 N–H and O–H groups in total. The SMILES string of the molecule is CCC1=NN(C(=O)c2ccc(Cl)cc2)[C@@](O)(c2ccc(Br)cc2)C1. The van der Waals surface area contributed by atoms with Crippen molar-refractivity contribution in [1.82, 2.24) is 5.01 Å². The zero-order chi connectivity index (χ0) is 17.3. The average Bonchev–Trinajstić information content (AvgIpc) is 2.93. The van der Waals surface area contributed by atoms with Gasteiger partial charge in [-0.1, -0.05) is 46.6 Å². The van der Waals surface area contributed by atoms with Crippen LogP contribution in [0.1, 0.15) is 35.7 Å². The Morgan fingerprint density at radius 1 is 1.25 bits per heavy atom. The molecule has 2 aromatic rings. The molecule has 0 aliphatic carbocycles. The summed E-state index contributed by atoms with van der Waals surface area (Å²) in [6.45, 7) is 1.96. The molecule has 0 saturated heterocycles. The van der Waals surface area contributed by atoms with E-state index in [0.29, 0.717) is 29.0 Å². The minimum absolute atomic E-state index is 0.296. The van der Waals surface area contributed by atoms with Crippen LogP contribution < -0.4 is 0 Å². The number of nitrogens with zero attached hydrogens (tertiary/aromatic N) is 2. The molecule has 124 valence electrons. The van der Waals surface area contributed by atoms with Gasteiger partial charge in [-0.3, -0.25) is 4.79 Å². The van der Waals surface area contributed by atoms with Gasteiger partial charge in [-0.15, -0.1) is 0 Å². The summed E-state index contributed by atoms with van der Waals surface area (Å²) in [5.41, 5.74) is 0.349. The van der Waals surface area contributed by atoms with Gasteiger partial charge in [0, 0.05) is 32.8 Å². The third-order valence-corrected chi connectivity index (χ3v) is 4.82. The second-order valence-corrected chi connectivity index (χ2v) is 7.00. The molecular weight excluding hydrogens is 392 g/mol. The van der Waals surface area contributed by atoms with Gasteiger partial charge in [0.05, 0.1) is 0 Å². The number of aliphatic hydroxyl groups is 1. The molecule has 24 heavy (non-hydrogen) atoms. The van der Waals surface area contributed by atoms with E-state index < -0.39 is 5.72 Å². The van der Waals surface area contributed by atoms with Gasteiger partial charge in [-0.05, 0) is 42.8 Å². The van der Waals surface area contributed by atoms with Crippen molar-refractivity contribution in [1.29, 1.82) is 0 Å². The minimum Gasteiger partial charge on any atom is -0.365 e. The van der Waals surface area contributed by atoms with Crippen LogP contribution >= 0.6 is 27.5 Å². The van der Waals surface area contributed by atoms with Crippen LogP contribution in [0.25, 0.3) is 0 Å². The molecule has 2 aromatic carbocycles. The largest absolute Gasteiger partial charge is 0.365 e. The standard InChI is InChI=1S/C18H16BrClN2O2/c1-2-16-11-18(24,13-5-7-14(19)8-6-13)22(21-16)17(23)12-3-9-15(20)10-4-12/h3-10,24H,2,11H2,1H3/t18-/m0/s1. The summed E-state index contributed by atoms with van der Waals surface area (Å²) in [7, 11) is 0. The van der Waals surface area contributed by atoms with Crippen molar-refractivity contribution in [3.05, 3.63) is 69.2 Å². The fraction of sp³-hybridized carbons (Fsp3) is 0.222. The minimum atomic E-state index is -1.48. The highest BCUT2D eigenvalue weighted by Gasteiger charge is 2.45. The molecule has 1 atom stereocenters. The van der Waals surface area contributed by atoms with Gasteiger partial charge in [0.2, 0.25) is 0 Å². The van der Waals surface area contributed by atoms with Crippen molar-refractivity contribution < 1.29 is 9.90 Å². The van der Waals surface area contributed by atoms with Crippen LogP contribution in [0.15, 0.2) is 58.1 Å². The number of benzene rings is 2. The molecule has 3 rings (SSSR count). The number of halogens is 2. The fourth-order valence-electron chi connectivity index (χ4n) is 2.68. The van der Waals surface area contributed by atoms with Crippen molar-refractivity contribution in [2.45, 2.75) is 25.5 Å². The molecule has 1 heterocycles. The Bertz CT molecular complexity index is 790. The van der Waals surface area contributed by atoms with Crippen LogP contribution in [-0.4, -0.2) is 21.7 Å². The Balaban J connectivity index is 2.01. The van der Waals surface area contributed by atoms with Gasteiger partial charge in [0.15, 0.2) is 5.72 Å². The van der Waals surface area contributed by atoms with Gasteiger partial charge >= 0.3 is 0 Å². The number of amides is 1. The monoisotopic (exact) mass is 406 g/mol. The van der Waals surface area contributed by atoms with Crippen LogP contribution in [-0.2, 0) is 5.72 Å². The molecule has 0 spiro atoms. The molecule has 0 bridgehead atoms. The van der Waals surface area contributed by atoms with Crippen LogP contribution in [0.2, 0.25) is 5.02 Å². The van der Waals surface area contributed by atoms with E-state index >= 15 is 0 Å². The zero-order valence-corrected chi connectivity index (χ0v) is 15.4. The quantitative estimate of drug-likeness (QED) is 0.811. The maximum atomic E-state index is 12.9. The highest BCUT2D eigenvalue weighted by Crippen LogP contribution is 2.37. The first-order valence-corrected chi connectivity index (χ1v) is 8.76. The van der Waals surface area contributed by atoms with Gasteiger partial charge in [-0.2, -0.15) is 10.1 Å². The molecule has 1 aliphatic heterocycles. The number of hydrogen-bond acceptors (Lipinski definition) is 3. The van der Waals surface area contributed by atoms with Gasteiger partial charge in [0.25, 0.3) is 5.91 Å². The van der Waals surface area contributed by atoms with Gasteiger partial charge < -0.3 is 5.11 Å². The molecular formula is C18H16BrClN2O2. The van der Waals surface area contributed by atoms with E-state index in [4.69, 9.17) is 11.6 Å². The summed E-state index contributed by atoms with van der Waals surface area (Å²) in [5.74, 6) is -0.361. The van der Waals surface area contributed by atoms with Crippen molar-refractivity contribution in [3.8, 4) is 0 Å². The number of carbonyl (C=O) groups is 1. The summed E-state index contributed by atoms with van der Waals surface area (Å²) in [6.07, 6.45) is 0.966. The first kappa shape index (κ1) is 17.1. The highest BCUT2D eigenvalue weighted by molar-refractivity contribution is 9.10. The molecule has 0 unspecified atom stereocenters. The summed E-state index contributed by atoms with van der Waals surface area (Å²) >= 11 is 9.26. The molecule has 4 nitrogen and oxygen atoms in total. The lowest BCUT2D eigenvalue weighted by Gasteiger charge is -2.31. The fourth-order valence-corrected chi connectivity index (χ4v) is 3.07. The van der Waals surface area contributed by atoms with Crippen LogP contribution in [0.5, 0.6) is 0 Å². The number of hydrogen-bond donors (Lipinski definition) is 1. The number of hydrazone groups is 1. The first-order valence-electron chi connectivity index (χ1n) is 7.59. The molecule has 0 radical (unpaired) electrons. The summed E-state index contributed by atoms with van der Waals surface area (Å²) < 4.78 is 0.903. The lowest BCUT2D eigenvalue weighted by atomic mass is 9.96. The summed E-state index contributed by atoms with van der Waals surface area (Å²) in [5, 5.41) is 17.3. The van der Waals surface area contributed by atoms with Crippen LogP contribution in [0.4, 0.5) is 0 Å². The lowest BCUT2D eigenvalue weighted by molar-refractivity contribution is -0.0765. The van der Waals surface area contributed by atoms with E-state index in [-0.39, 0.29) is 5.91 Å². The van der Waals surface area contributed by atoms with Gasteiger partial charge in [0.1, 0.15) is 0 Å². The summed E-state index contributed by atoms with van der Waals surface area (Å²) in [4.78, 5) is 12.9. The number of rotatable bonds is 3. The number of carbonyl (C=O) groups excluding carboxylic acids is 1. The first-order chi connectivity index (χ1) is 11.4. The molecule has 0 fully saturated rings. The molecule has 1 aliphatic rings. The Hall–Kier alpha value is -1.69. The average molecular weight is 408 g/mol. The van der Waals surface area contributed by atoms with E-state index in [9.17, 15) is 9.90 Å². The molecule has 6 heteroatoms. The van der Waals surface area contributed by atoms with Crippen molar-refractivity contribution in [2.24, 2.45) is 5.10 Å². The molecule has 0 saturated carbocycles. The van der Waals surface area contributed by atoms with E-state index in [0.717, 1.165) is 10.2 Å². The van der Waals surface area contributed by atoms with Crippen LogP contribution in [0.3, 0.4) is 0 Å². The third-order valence-electron chi connectivity index (χ3n) is 4.04. The third kappa shape index (κ3) is 3.11. The molecule has 1 amide bonds. The van der Waals surface area contributed by atoms with Crippen LogP contribution in [0, 0.1) is 0 Å². The zero-order valence-electron chi connectivity index (χ0n) is 13.0. The van der Waals surface area contributed by atoms with Gasteiger partial charge in [-0.25, -0.2) is 0 Å². The molecule has 0 aromatic heterocycles. The Kier molecular flexibility index (Phi) is 4.76. The lowest BCUT2D eigenvalue weighted by Crippen LogP contribution is -2.43. The second-order valence-electron chi connectivity index (χ2n) is 5.64. The predicted octanol–water partition coefficient (Wildman–Crippen LogP) is 4.56. The maximum Gasteiger partial charge on any atom is 0.276 e. The smallest absolute Gasteiger partial charge is 0.276 e. The Morgan fingerprint density at radius 2 is 1.88 bits per heavy atom. The summed E-state index contributed by atoms with van der Waals surface area (Å²) in [6, 6.07) is 13.8. The van der Waals surface area contributed by atoms with E-state index in [1.807, 2.05) is 19.1 Å². The Morgan fingerprint density at radius 3 is 2.46 bits per heavy atom. The maximum absolute atomic E-state index is 12.9.